The summed E-state index contributed by atoms with van der Waals surface area (Å²) in [5, 5.41) is 11.8. The first kappa shape index (κ1) is 15.5. The maximum atomic E-state index is 8.67. The average Bonchev–Trinajstić information content (AvgIpc) is 2.55. The number of nitrogens with one attached hydrogen (secondary N) is 1. The van der Waals surface area contributed by atoms with Crippen molar-refractivity contribution in [2.45, 2.75) is 4.90 Å². The van der Waals surface area contributed by atoms with Crippen molar-refractivity contribution in [3.05, 3.63) is 48.5 Å². The van der Waals surface area contributed by atoms with Gasteiger partial charge in [0, 0.05) is 4.90 Å². The first-order chi connectivity index (χ1) is 10.3. The fraction of sp³-hybridized carbons (Fsp3) is 0.125. The van der Waals surface area contributed by atoms with Gasteiger partial charge in [-0.3, -0.25) is 5.32 Å². The van der Waals surface area contributed by atoms with E-state index < -0.39 is 0 Å². The topological polar surface area (TPSA) is 48.2 Å². The molecular weight excluding hydrogens is 298 g/mol. The van der Waals surface area contributed by atoms with Crippen LogP contribution < -0.4 is 5.32 Å². The number of benzene rings is 2. The third kappa shape index (κ3) is 4.28. The molecule has 0 radical (unpaired) electrons. The molecule has 0 atom stereocenters. The van der Waals surface area contributed by atoms with E-state index >= 15 is 0 Å². The first-order valence-electron chi connectivity index (χ1n) is 6.29. The van der Waals surface area contributed by atoms with Crippen molar-refractivity contribution in [2.24, 2.45) is 4.99 Å². The molecule has 2 aromatic rings. The van der Waals surface area contributed by atoms with Crippen molar-refractivity contribution in [3.8, 4) is 17.3 Å². The van der Waals surface area contributed by atoms with E-state index in [9.17, 15) is 0 Å². The molecule has 0 aliphatic carbocycles. The molecule has 0 saturated carbocycles. The summed E-state index contributed by atoms with van der Waals surface area (Å²) >= 11 is 3.14. The number of rotatable bonds is 3. The van der Waals surface area contributed by atoms with Gasteiger partial charge in [-0.05, 0) is 47.9 Å². The van der Waals surface area contributed by atoms with Crippen LogP contribution in [-0.4, -0.2) is 17.7 Å². The predicted octanol–water partition coefficient (Wildman–Crippen LogP) is 4.50. The number of nitrogens with zero attached hydrogens (tertiary/aromatic N) is 2. The molecule has 3 nitrogen and oxygen atoms in total. The molecule has 0 unspecified atom stereocenters. The van der Waals surface area contributed by atoms with Crippen molar-refractivity contribution in [1.29, 1.82) is 5.26 Å². The second-order valence-corrected chi connectivity index (χ2v) is 5.81. The smallest absolute Gasteiger partial charge is 0.183 e. The van der Waals surface area contributed by atoms with Gasteiger partial charge in [-0.25, -0.2) is 4.99 Å². The van der Waals surface area contributed by atoms with E-state index in [1.54, 1.807) is 11.8 Å². The second kappa shape index (κ2) is 7.77. The van der Waals surface area contributed by atoms with Crippen LogP contribution in [0.4, 0.5) is 5.69 Å². The zero-order chi connectivity index (χ0) is 15.1. The number of aliphatic imine (C=N–C) groups is 1. The normalized spacial score (nSPS) is 11.0. The van der Waals surface area contributed by atoms with Gasteiger partial charge in [0.1, 0.15) is 0 Å². The highest BCUT2D eigenvalue weighted by molar-refractivity contribution is 8.13. The minimum Gasteiger partial charge on any atom is -0.271 e. The summed E-state index contributed by atoms with van der Waals surface area (Å²) in [6, 6.07) is 16.4. The molecule has 106 valence electrons. The number of hydrogen-bond donors (Lipinski definition) is 1. The van der Waals surface area contributed by atoms with E-state index in [4.69, 9.17) is 5.26 Å². The molecule has 5 heteroatoms. The van der Waals surface area contributed by atoms with Crippen molar-refractivity contribution >= 4 is 34.4 Å². The molecule has 0 aliphatic rings. The van der Waals surface area contributed by atoms with Crippen molar-refractivity contribution in [1.82, 2.24) is 5.32 Å². The Bertz CT molecular complexity index is 673. The van der Waals surface area contributed by atoms with Gasteiger partial charge in [-0.2, -0.15) is 5.26 Å². The standard InChI is InChI=1S/C16H15N3S2/c1-20-15-8-6-12(7-9-15)13-4-3-5-14(10-13)19-16(21-2)18-11-17/h3-10H,1-2H3,(H,18,19). The summed E-state index contributed by atoms with van der Waals surface area (Å²) in [7, 11) is 0. The molecule has 0 fully saturated rings. The Kier molecular flexibility index (Phi) is 5.73. The van der Waals surface area contributed by atoms with Crippen LogP contribution in [0.1, 0.15) is 0 Å². The fourth-order valence-electron chi connectivity index (χ4n) is 1.83. The van der Waals surface area contributed by atoms with Crippen LogP contribution in [0.25, 0.3) is 11.1 Å². The van der Waals surface area contributed by atoms with Crippen molar-refractivity contribution in [2.75, 3.05) is 12.5 Å². The predicted molar refractivity (Wildman–Crippen MR) is 93.0 cm³/mol. The van der Waals surface area contributed by atoms with Gasteiger partial charge >= 0.3 is 0 Å². The molecule has 0 spiro atoms. The van der Waals surface area contributed by atoms with Crippen molar-refractivity contribution < 1.29 is 0 Å². The fourth-order valence-corrected chi connectivity index (χ4v) is 2.58. The lowest BCUT2D eigenvalue weighted by Gasteiger charge is -2.05. The first-order valence-corrected chi connectivity index (χ1v) is 8.74. The summed E-state index contributed by atoms with van der Waals surface area (Å²) in [4.78, 5) is 5.67. The zero-order valence-electron chi connectivity index (χ0n) is 11.8. The third-order valence-electron chi connectivity index (χ3n) is 2.86. The summed E-state index contributed by atoms with van der Waals surface area (Å²) < 4.78 is 0. The van der Waals surface area contributed by atoms with Crippen LogP contribution >= 0.6 is 23.5 Å². The van der Waals surface area contributed by atoms with Gasteiger partial charge < -0.3 is 0 Å². The minimum absolute atomic E-state index is 0.590. The van der Waals surface area contributed by atoms with Gasteiger partial charge in [0.2, 0.25) is 0 Å². The van der Waals surface area contributed by atoms with Crippen LogP contribution in [0.2, 0.25) is 0 Å². The van der Waals surface area contributed by atoms with Crippen LogP contribution in [0.15, 0.2) is 58.4 Å². The maximum absolute atomic E-state index is 8.67. The van der Waals surface area contributed by atoms with Crippen molar-refractivity contribution in [3.63, 3.8) is 0 Å². The van der Waals surface area contributed by atoms with E-state index in [2.05, 4.69) is 46.9 Å². The molecule has 1 N–H and O–H groups in total. The van der Waals surface area contributed by atoms with E-state index in [0.717, 1.165) is 16.8 Å². The average molecular weight is 313 g/mol. The highest BCUT2D eigenvalue weighted by Crippen LogP contribution is 2.26. The third-order valence-corrected chi connectivity index (χ3v) is 4.18. The van der Waals surface area contributed by atoms with Gasteiger partial charge in [0.05, 0.1) is 5.69 Å². The SMILES string of the molecule is CSC(=Nc1cccc(-c2ccc(SC)cc2)c1)NC#N. The molecule has 21 heavy (non-hydrogen) atoms. The Hall–Kier alpha value is -1.90. The molecular formula is C16H15N3S2. The Balaban J connectivity index is 2.30. The molecule has 0 heterocycles. The Morgan fingerprint density at radius 3 is 2.48 bits per heavy atom. The summed E-state index contributed by atoms with van der Waals surface area (Å²) in [5.74, 6) is 0. The largest absolute Gasteiger partial charge is 0.271 e. The van der Waals surface area contributed by atoms with E-state index in [-0.39, 0.29) is 0 Å². The molecule has 0 aliphatic heterocycles. The summed E-state index contributed by atoms with van der Waals surface area (Å²) in [5.41, 5.74) is 3.10. The zero-order valence-corrected chi connectivity index (χ0v) is 13.5. The summed E-state index contributed by atoms with van der Waals surface area (Å²) in [6.45, 7) is 0. The molecule has 0 amide bonds. The van der Waals surface area contributed by atoms with Gasteiger partial charge in [-0.15, -0.1) is 11.8 Å². The molecule has 0 saturated heterocycles. The van der Waals surface area contributed by atoms with Crippen LogP contribution in [-0.2, 0) is 0 Å². The Morgan fingerprint density at radius 1 is 1.10 bits per heavy atom. The van der Waals surface area contributed by atoms with Crippen LogP contribution in [0, 0.1) is 11.5 Å². The van der Waals surface area contributed by atoms with E-state index in [1.165, 1.54) is 16.7 Å². The number of thioether (sulfide) groups is 2. The molecule has 2 rings (SSSR count). The Labute approximate surface area is 133 Å². The maximum Gasteiger partial charge on any atom is 0.183 e. The lowest BCUT2D eigenvalue weighted by Crippen LogP contribution is -2.12. The Morgan fingerprint density at radius 2 is 1.86 bits per heavy atom. The highest BCUT2D eigenvalue weighted by Gasteiger charge is 2.01. The highest BCUT2D eigenvalue weighted by atomic mass is 32.2. The lowest BCUT2D eigenvalue weighted by atomic mass is 10.1. The van der Waals surface area contributed by atoms with E-state index in [0.29, 0.717) is 5.17 Å². The van der Waals surface area contributed by atoms with E-state index in [1.807, 2.05) is 30.6 Å². The van der Waals surface area contributed by atoms with Crippen LogP contribution in [0.3, 0.4) is 0 Å². The number of nitriles is 1. The van der Waals surface area contributed by atoms with Gasteiger partial charge in [-0.1, -0.05) is 36.0 Å². The number of amidine groups is 1. The molecule has 0 aromatic heterocycles. The molecule has 2 aromatic carbocycles. The van der Waals surface area contributed by atoms with Crippen LogP contribution in [0.5, 0.6) is 0 Å². The number of hydrogen-bond acceptors (Lipinski definition) is 4. The second-order valence-electron chi connectivity index (χ2n) is 4.14. The van der Waals surface area contributed by atoms with Gasteiger partial charge in [0.15, 0.2) is 11.4 Å². The van der Waals surface area contributed by atoms with Gasteiger partial charge in [0.25, 0.3) is 0 Å². The monoisotopic (exact) mass is 313 g/mol. The minimum atomic E-state index is 0.590. The lowest BCUT2D eigenvalue weighted by molar-refractivity contribution is 1.28. The summed E-state index contributed by atoms with van der Waals surface area (Å²) in [6.07, 6.45) is 5.84. The molecule has 0 bridgehead atoms. The quantitative estimate of drug-likeness (QED) is 0.298.